The molecule has 4 nitrogen and oxygen atoms in total. The van der Waals surface area contributed by atoms with Gasteiger partial charge in [-0.15, -0.1) is 0 Å². The predicted molar refractivity (Wildman–Crippen MR) is 82.8 cm³/mol. The molecule has 0 bridgehead atoms. The van der Waals surface area contributed by atoms with Gasteiger partial charge in [-0.3, -0.25) is 0 Å². The van der Waals surface area contributed by atoms with Gasteiger partial charge in [-0.2, -0.15) is 0 Å². The van der Waals surface area contributed by atoms with E-state index in [9.17, 15) is 0 Å². The Hall–Kier alpha value is -1.42. The fourth-order valence-corrected chi connectivity index (χ4v) is 1.82. The lowest BCUT2D eigenvalue weighted by molar-refractivity contribution is -0.870. The first kappa shape index (κ1) is 16.6. The Bertz CT molecular complexity index is 369. The standard InChI is InChI=1S/C13H25N4.CH4/c1-16(8-5-9-17(2,3)4)13-7-6-11(14)10-12(13)15;/h6-7,10H,5,8-9,14-15H2,1-4H3;1H4/q+1;. The molecule has 0 aliphatic heterocycles. The second-order valence-corrected chi connectivity index (χ2v) is 5.61. The monoisotopic (exact) mass is 253 g/mol. The smallest absolute Gasteiger partial charge is 0.0797 e. The summed E-state index contributed by atoms with van der Waals surface area (Å²) in [4.78, 5) is 2.18. The van der Waals surface area contributed by atoms with E-state index < -0.39 is 0 Å². The molecule has 104 valence electrons. The van der Waals surface area contributed by atoms with E-state index in [0.29, 0.717) is 5.69 Å². The summed E-state index contributed by atoms with van der Waals surface area (Å²) in [5, 5.41) is 0. The van der Waals surface area contributed by atoms with E-state index in [2.05, 4.69) is 33.1 Å². The van der Waals surface area contributed by atoms with Crippen LogP contribution in [0.1, 0.15) is 13.8 Å². The highest BCUT2D eigenvalue weighted by Crippen LogP contribution is 2.24. The molecule has 0 amide bonds. The number of rotatable bonds is 5. The van der Waals surface area contributed by atoms with Gasteiger partial charge in [-0.05, 0) is 18.2 Å². The van der Waals surface area contributed by atoms with Crippen molar-refractivity contribution in [2.75, 3.05) is 57.6 Å². The first-order chi connectivity index (χ1) is 7.79. The summed E-state index contributed by atoms with van der Waals surface area (Å²) in [7, 11) is 8.68. The van der Waals surface area contributed by atoms with Gasteiger partial charge in [0.2, 0.25) is 0 Å². The van der Waals surface area contributed by atoms with Gasteiger partial charge < -0.3 is 20.9 Å². The van der Waals surface area contributed by atoms with E-state index in [1.165, 1.54) is 0 Å². The fourth-order valence-electron chi connectivity index (χ4n) is 1.82. The van der Waals surface area contributed by atoms with Crippen LogP contribution < -0.4 is 16.4 Å². The molecule has 4 N–H and O–H groups in total. The van der Waals surface area contributed by atoms with Crippen molar-refractivity contribution in [3.63, 3.8) is 0 Å². The van der Waals surface area contributed by atoms with Crippen molar-refractivity contribution < 1.29 is 4.48 Å². The number of hydrogen-bond acceptors (Lipinski definition) is 3. The summed E-state index contributed by atoms with van der Waals surface area (Å²) in [6.45, 7) is 2.16. The summed E-state index contributed by atoms with van der Waals surface area (Å²) in [6, 6.07) is 5.68. The minimum Gasteiger partial charge on any atom is -0.399 e. The van der Waals surface area contributed by atoms with Crippen LogP contribution in [0.3, 0.4) is 0 Å². The number of nitrogens with two attached hydrogens (primary N) is 2. The van der Waals surface area contributed by atoms with E-state index in [0.717, 1.165) is 35.4 Å². The van der Waals surface area contributed by atoms with Crippen LogP contribution in [0, 0.1) is 0 Å². The number of nitrogens with zero attached hydrogens (tertiary/aromatic N) is 2. The van der Waals surface area contributed by atoms with Crippen LogP contribution in [0.5, 0.6) is 0 Å². The van der Waals surface area contributed by atoms with Crippen molar-refractivity contribution >= 4 is 17.1 Å². The van der Waals surface area contributed by atoms with Crippen LogP contribution in [0.4, 0.5) is 17.1 Å². The fraction of sp³-hybridized carbons (Fsp3) is 0.571. The first-order valence-corrected chi connectivity index (χ1v) is 5.96. The van der Waals surface area contributed by atoms with E-state index in [-0.39, 0.29) is 7.43 Å². The van der Waals surface area contributed by atoms with Gasteiger partial charge in [-0.1, -0.05) is 7.43 Å². The van der Waals surface area contributed by atoms with Gasteiger partial charge in [0.25, 0.3) is 0 Å². The lowest BCUT2D eigenvalue weighted by Gasteiger charge is -2.26. The Morgan fingerprint density at radius 2 is 1.78 bits per heavy atom. The molecule has 0 radical (unpaired) electrons. The molecule has 4 heteroatoms. The first-order valence-electron chi connectivity index (χ1n) is 5.96. The summed E-state index contributed by atoms with van der Waals surface area (Å²) < 4.78 is 0.991. The van der Waals surface area contributed by atoms with Crippen molar-refractivity contribution in [3.8, 4) is 0 Å². The van der Waals surface area contributed by atoms with Crippen molar-refractivity contribution in [2.24, 2.45) is 0 Å². The van der Waals surface area contributed by atoms with Crippen molar-refractivity contribution in [1.82, 2.24) is 0 Å². The van der Waals surface area contributed by atoms with Crippen LogP contribution in [0.25, 0.3) is 0 Å². The van der Waals surface area contributed by atoms with Gasteiger partial charge in [0.05, 0.1) is 39.1 Å². The zero-order valence-corrected chi connectivity index (χ0v) is 11.4. The van der Waals surface area contributed by atoms with E-state index in [4.69, 9.17) is 11.5 Å². The lowest BCUT2D eigenvalue weighted by atomic mass is 10.2. The third-order valence-corrected chi connectivity index (χ3v) is 2.79. The molecule has 1 aromatic rings. The number of hydrogen-bond donors (Lipinski definition) is 2. The number of nitrogen functional groups attached to an aromatic ring is 2. The zero-order chi connectivity index (χ0) is 13.1. The Morgan fingerprint density at radius 3 is 2.28 bits per heavy atom. The predicted octanol–water partition coefficient (Wildman–Crippen LogP) is 2.02. The molecule has 0 saturated carbocycles. The normalized spacial score (nSPS) is 10.9. The molecular weight excluding hydrogens is 224 g/mol. The molecule has 0 aliphatic carbocycles. The van der Waals surface area contributed by atoms with Crippen LogP contribution in [-0.2, 0) is 0 Å². The quantitative estimate of drug-likeness (QED) is 0.623. The minimum absolute atomic E-state index is 0. The number of benzene rings is 1. The third kappa shape index (κ3) is 5.27. The summed E-state index contributed by atoms with van der Waals surface area (Å²) in [5.74, 6) is 0. The highest BCUT2D eigenvalue weighted by Gasteiger charge is 2.09. The maximum absolute atomic E-state index is 5.95. The molecule has 0 aliphatic rings. The molecule has 0 unspecified atom stereocenters. The molecule has 1 aromatic carbocycles. The molecular formula is C14H29N4+. The lowest BCUT2D eigenvalue weighted by Crippen LogP contribution is -2.37. The van der Waals surface area contributed by atoms with Gasteiger partial charge >= 0.3 is 0 Å². The van der Waals surface area contributed by atoms with Gasteiger partial charge in [0.15, 0.2) is 0 Å². The zero-order valence-electron chi connectivity index (χ0n) is 11.4. The van der Waals surface area contributed by atoms with Gasteiger partial charge in [0, 0.05) is 25.7 Å². The molecule has 1 rings (SSSR count). The Balaban J connectivity index is 0.00000289. The van der Waals surface area contributed by atoms with Gasteiger partial charge in [-0.25, -0.2) is 0 Å². The Labute approximate surface area is 112 Å². The van der Waals surface area contributed by atoms with Crippen LogP contribution >= 0.6 is 0 Å². The number of quaternary nitrogens is 1. The Kier molecular flexibility index (Phi) is 5.98. The SMILES string of the molecule is C.CN(CCC[N+](C)(C)C)c1ccc(N)cc1N. The summed E-state index contributed by atoms with van der Waals surface area (Å²) in [5.41, 5.74) is 14.2. The maximum atomic E-state index is 5.95. The summed E-state index contributed by atoms with van der Waals surface area (Å²) in [6.07, 6.45) is 1.14. The third-order valence-electron chi connectivity index (χ3n) is 2.79. The maximum Gasteiger partial charge on any atom is 0.0797 e. The van der Waals surface area contributed by atoms with E-state index in [1.54, 1.807) is 0 Å². The van der Waals surface area contributed by atoms with Crippen molar-refractivity contribution in [2.45, 2.75) is 13.8 Å². The molecule has 0 aromatic heterocycles. The molecule has 0 fully saturated rings. The average Bonchev–Trinajstić information content (AvgIpc) is 2.15. The largest absolute Gasteiger partial charge is 0.399 e. The van der Waals surface area contributed by atoms with E-state index >= 15 is 0 Å². The van der Waals surface area contributed by atoms with Crippen LogP contribution in [-0.4, -0.2) is 45.8 Å². The van der Waals surface area contributed by atoms with Crippen LogP contribution in [0.2, 0.25) is 0 Å². The second-order valence-electron chi connectivity index (χ2n) is 5.61. The van der Waals surface area contributed by atoms with Crippen molar-refractivity contribution in [1.29, 1.82) is 0 Å². The highest BCUT2D eigenvalue weighted by molar-refractivity contribution is 5.71. The molecule has 0 atom stereocenters. The van der Waals surface area contributed by atoms with Gasteiger partial charge in [0.1, 0.15) is 0 Å². The van der Waals surface area contributed by atoms with Crippen LogP contribution in [0.15, 0.2) is 18.2 Å². The second kappa shape index (κ2) is 6.50. The minimum atomic E-state index is 0. The van der Waals surface area contributed by atoms with Crippen molar-refractivity contribution in [3.05, 3.63) is 18.2 Å². The molecule has 0 heterocycles. The topological polar surface area (TPSA) is 55.3 Å². The number of anilines is 3. The summed E-state index contributed by atoms with van der Waals surface area (Å²) >= 11 is 0. The average molecular weight is 253 g/mol. The van der Waals surface area contributed by atoms with E-state index in [1.807, 2.05) is 18.2 Å². The molecule has 18 heavy (non-hydrogen) atoms. The molecule has 0 spiro atoms. The Morgan fingerprint density at radius 1 is 1.17 bits per heavy atom. The highest BCUT2D eigenvalue weighted by atomic mass is 15.3. The molecule has 0 saturated heterocycles.